The Labute approximate surface area is 106 Å². The molecule has 6 nitrogen and oxygen atoms in total. The number of nitrogens with two attached hydrogens (primary N) is 1. The molecule has 0 aromatic carbocycles. The fourth-order valence-corrected chi connectivity index (χ4v) is 2.80. The third-order valence-electron chi connectivity index (χ3n) is 3.70. The Bertz CT molecular complexity index is 476. The van der Waals surface area contributed by atoms with E-state index >= 15 is 0 Å². The molecule has 1 fully saturated rings. The summed E-state index contributed by atoms with van der Waals surface area (Å²) < 4.78 is 0. The normalized spacial score (nSPS) is 22.9. The van der Waals surface area contributed by atoms with Gasteiger partial charge in [-0.05, 0) is 19.3 Å². The number of rotatable bonds is 2. The van der Waals surface area contributed by atoms with E-state index in [1.807, 2.05) is 4.90 Å². The van der Waals surface area contributed by atoms with Crippen molar-refractivity contribution in [3.8, 4) is 0 Å². The summed E-state index contributed by atoms with van der Waals surface area (Å²) in [6.07, 6.45) is 4.73. The van der Waals surface area contributed by atoms with Gasteiger partial charge in [0, 0.05) is 30.9 Å². The predicted octanol–water partition coefficient (Wildman–Crippen LogP) is -0.771. The van der Waals surface area contributed by atoms with E-state index in [-0.39, 0.29) is 11.9 Å². The van der Waals surface area contributed by atoms with E-state index in [1.54, 1.807) is 6.33 Å². The van der Waals surface area contributed by atoms with Gasteiger partial charge in [0.1, 0.15) is 18.2 Å². The second-order valence-electron chi connectivity index (χ2n) is 4.79. The van der Waals surface area contributed by atoms with Gasteiger partial charge >= 0.3 is 0 Å². The number of hydrogen-bond acceptors (Lipinski definition) is 5. The molecule has 1 atom stereocenters. The Morgan fingerprint density at radius 1 is 1.44 bits per heavy atom. The van der Waals surface area contributed by atoms with Crippen LogP contribution < -0.4 is 16.0 Å². The minimum Gasteiger partial charge on any atom is -0.368 e. The Morgan fingerprint density at radius 3 is 3.17 bits per heavy atom. The van der Waals surface area contributed by atoms with Gasteiger partial charge in [0.15, 0.2) is 0 Å². The Kier molecular flexibility index (Phi) is 2.87. The summed E-state index contributed by atoms with van der Waals surface area (Å²) in [7, 11) is 0. The van der Waals surface area contributed by atoms with Crippen molar-refractivity contribution in [3.05, 3.63) is 17.6 Å². The number of fused-ring (bicyclic) bond motifs is 1. The average molecular weight is 247 g/mol. The number of primary amides is 1. The molecular weight excluding hydrogens is 230 g/mol. The summed E-state index contributed by atoms with van der Waals surface area (Å²) in [5.41, 5.74) is 7.80. The van der Waals surface area contributed by atoms with Crippen LogP contribution in [-0.4, -0.2) is 41.6 Å². The molecule has 1 unspecified atom stereocenters. The first-order valence-corrected chi connectivity index (χ1v) is 6.37. The molecule has 6 heteroatoms. The van der Waals surface area contributed by atoms with Crippen LogP contribution in [0.3, 0.4) is 0 Å². The monoisotopic (exact) mass is 247 g/mol. The van der Waals surface area contributed by atoms with Gasteiger partial charge in [-0.2, -0.15) is 0 Å². The fraction of sp³-hybridized carbons (Fsp3) is 0.583. The van der Waals surface area contributed by atoms with Gasteiger partial charge in [-0.3, -0.25) is 4.79 Å². The number of carbonyl (C=O) groups is 1. The highest BCUT2D eigenvalue weighted by Crippen LogP contribution is 2.29. The topological polar surface area (TPSA) is 84.1 Å². The highest BCUT2D eigenvalue weighted by atomic mass is 16.1. The van der Waals surface area contributed by atoms with Crippen molar-refractivity contribution in [3.63, 3.8) is 0 Å². The Morgan fingerprint density at radius 2 is 2.33 bits per heavy atom. The number of amides is 1. The van der Waals surface area contributed by atoms with Gasteiger partial charge in [-0.15, -0.1) is 0 Å². The van der Waals surface area contributed by atoms with Crippen LogP contribution in [0.4, 0.5) is 5.82 Å². The zero-order chi connectivity index (χ0) is 12.5. The van der Waals surface area contributed by atoms with Crippen LogP contribution in [0.1, 0.15) is 17.7 Å². The number of anilines is 1. The van der Waals surface area contributed by atoms with Gasteiger partial charge < -0.3 is 16.0 Å². The maximum Gasteiger partial charge on any atom is 0.241 e. The number of aromatic nitrogens is 2. The molecule has 0 spiro atoms. The number of aryl methyl sites for hydroxylation is 1. The van der Waals surface area contributed by atoms with E-state index in [0.29, 0.717) is 6.54 Å². The van der Waals surface area contributed by atoms with Crippen molar-refractivity contribution < 1.29 is 4.79 Å². The fourth-order valence-electron chi connectivity index (χ4n) is 2.80. The van der Waals surface area contributed by atoms with Crippen LogP contribution in [0, 0.1) is 0 Å². The maximum absolute atomic E-state index is 11.5. The first kappa shape index (κ1) is 11.4. The zero-order valence-corrected chi connectivity index (χ0v) is 10.2. The molecule has 96 valence electrons. The van der Waals surface area contributed by atoms with Crippen molar-refractivity contribution >= 4 is 11.7 Å². The van der Waals surface area contributed by atoms with Crippen molar-refractivity contribution in [2.45, 2.75) is 25.3 Å². The largest absolute Gasteiger partial charge is 0.368 e. The van der Waals surface area contributed by atoms with E-state index in [9.17, 15) is 4.79 Å². The van der Waals surface area contributed by atoms with E-state index < -0.39 is 0 Å². The second kappa shape index (κ2) is 4.53. The van der Waals surface area contributed by atoms with Crippen LogP contribution in [0.25, 0.3) is 0 Å². The lowest BCUT2D eigenvalue weighted by atomic mass is 10.1. The third-order valence-corrected chi connectivity index (χ3v) is 3.70. The van der Waals surface area contributed by atoms with Crippen LogP contribution in [0.2, 0.25) is 0 Å². The molecule has 1 aliphatic heterocycles. The number of carbonyl (C=O) groups excluding carboxylic acids is 1. The molecule has 1 amide bonds. The molecule has 18 heavy (non-hydrogen) atoms. The number of nitrogens with one attached hydrogen (secondary N) is 1. The molecule has 2 aliphatic rings. The van der Waals surface area contributed by atoms with Crippen LogP contribution in [-0.2, 0) is 17.6 Å². The molecule has 1 aliphatic carbocycles. The number of hydrogen-bond donors (Lipinski definition) is 2. The molecule has 0 saturated carbocycles. The molecule has 3 rings (SSSR count). The van der Waals surface area contributed by atoms with Gasteiger partial charge in [-0.25, -0.2) is 9.97 Å². The summed E-state index contributed by atoms with van der Waals surface area (Å²) in [4.78, 5) is 22.3. The first-order chi connectivity index (χ1) is 8.77. The molecule has 0 radical (unpaired) electrons. The molecule has 3 N–H and O–H groups in total. The van der Waals surface area contributed by atoms with E-state index in [4.69, 9.17) is 5.73 Å². The quantitative estimate of drug-likeness (QED) is 0.717. The van der Waals surface area contributed by atoms with Crippen LogP contribution in [0.15, 0.2) is 6.33 Å². The maximum atomic E-state index is 11.5. The zero-order valence-electron chi connectivity index (χ0n) is 10.2. The van der Waals surface area contributed by atoms with Crippen LogP contribution >= 0.6 is 0 Å². The Hall–Kier alpha value is -1.69. The van der Waals surface area contributed by atoms with Crippen LogP contribution in [0.5, 0.6) is 0 Å². The van der Waals surface area contributed by atoms with Crippen molar-refractivity contribution in [2.24, 2.45) is 5.73 Å². The van der Waals surface area contributed by atoms with E-state index in [0.717, 1.165) is 43.9 Å². The molecule has 1 aromatic rings. The van der Waals surface area contributed by atoms with Gasteiger partial charge in [0.25, 0.3) is 0 Å². The highest BCUT2D eigenvalue weighted by Gasteiger charge is 2.31. The predicted molar refractivity (Wildman–Crippen MR) is 67.3 cm³/mol. The minimum absolute atomic E-state index is 0.299. The van der Waals surface area contributed by atoms with Gasteiger partial charge in [-0.1, -0.05) is 0 Å². The lowest BCUT2D eigenvalue weighted by molar-refractivity contribution is -0.119. The van der Waals surface area contributed by atoms with E-state index in [2.05, 4.69) is 15.3 Å². The van der Waals surface area contributed by atoms with Crippen molar-refractivity contribution in [1.29, 1.82) is 0 Å². The van der Waals surface area contributed by atoms with Crippen molar-refractivity contribution in [1.82, 2.24) is 15.3 Å². The molecule has 1 saturated heterocycles. The minimum atomic E-state index is -0.307. The van der Waals surface area contributed by atoms with Crippen molar-refractivity contribution in [2.75, 3.05) is 24.5 Å². The molecule has 2 heterocycles. The van der Waals surface area contributed by atoms with Gasteiger partial charge in [0.05, 0.1) is 0 Å². The summed E-state index contributed by atoms with van der Waals surface area (Å²) >= 11 is 0. The number of nitrogens with zero attached hydrogens (tertiary/aromatic N) is 3. The third kappa shape index (κ3) is 1.82. The smallest absolute Gasteiger partial charge is 0.241 e. The number of piperazine rings is 1. The second-order valence-corrected chi connectivity index (χ2v) is 4.79. The van der Waals surface area contributed by atoms with E-state index in [1.165, 1.54) is 5.56 Å². The molecule has 1 aromatic heterocycles. The average Bonchev–Trinajstić information content (AvgIpc) is 2.86. The molecule has 0 bridgehead atoms. The standard InChI is InChI=1S/C12H17N5O/c13-11(18)10-6-14-4-5-17(10)12-8-2-1-3-9(8)15-7-16-12/h7,10,14H,1-6H2,(H2,13,18). The summed E-state index contributed by atoms with van der Waals surface area (Å²) in [5, 5.41) is 3.20. The first-order valence-electron chi connectivity index (χ1n) is 6.37. The lowest BCUT2D eigenvalue weighted by Gasteiger charge is -2.35. The van der Waals surface area contributed by atoms with Gasteiger partial charge in [0.2, 0.25) is 5.91 Å². The summed E-state index contributed by atoms with van der Waals surface area (Å²) in [6.45, 7) is 2.20. The Balaban J connectivity index is 1.98. The summed E-state index contributed by atoms with van der Waals surface area (Å²) in [5.74, 6) is 0.607. The highest BCUT2D eigenvalue weighted by molar-refractivity contribution is 5.84. The molecular formula is C12H17N5O. The SMILES string of the molecule is NC(=O)C1CNCCN1c1ncnc2c1CCC2. The lowest BCUT2D eigenvalue weighted by Crippen LogP contribution is -2.57. The summed E-state index contributed by atoms with van der Waals surface area (Å²) in [6, 6.07) is -0.307.